The number of carboxylic acid groups (broad SMARTS) is 1. The molecule has 0 aliphatic carbocycles. The number of hydrogen-bond acceptors (Lipinski definition) is 3. The molecule has 0 aliphatic heterocycles. The zero-order chi connectivity index (χ0) is 14.1. The maximum atomic E-state index is 10.4. The molecule has 0 amide bonds. The zero-order valence-corrected chi connectivity index (χ0v) is 11.4. The Morgan fingerprint density at radius 3 is 2.47 bits per heavy atom. The van der Waals surface area contributed by atoms with Gasteiger partial charge in [-0.05, 0) is 31.9 Å². The number of hydrogen-bond donors (Lipinski definition) is 3. The third-order valence-electron chi connectivity index (χ3n) is 3.31. The highest BCUT2D eigenvalue weighted by atomic mass is 16.4. The minimum absolute atomic E-state index is 0.0339. The highest BCUT2D eigenvalue weighted by Gasteiger charge is 2.24. The maximum absolute atomic E-state index is 10.4. The van der Waals surface area contributed by atoms with Crippen LogP contribution in [0.2, 0.25) is 0 Å². The Bertz CT molecular complexity index is 380. The van der Waals surface area contributed by atoms with E-state index in [1.165, 1.54) is 0 Å². The predicted molar refractivity (Wildman–Crippen MR) is 75.0 cm³/mol. The van der Waals surface area contributed by atoms with Crippen LogP contribution in [0.4, 0.5) is 0 Å². The Morgan fingerprint density at radius 1 is 1.21 bits per heavy atom. The van der Waals surface area contributed by atoms with E-state index in [4.69, 9.17) is 5.11 Å². The van der Waals surface area contributed by atoms with Crippen molar-refractivity contribution in [2.45, 2.75) is 38.1 Å². The van der Waals surface area contributed by atoms with Gasteiger partial charge in [-0.1, -0.05) is 36.8 Å². The van der Waals surface area contributed by atoms with Crippen LogP contribution in [-0.2, 0) is 10.3 Å². The van der Waals surface area contributed by atoms with Crippen molar-refractivity contribution in [2.75, 3.05) is 13.2 Å². The number of rotatable bonds is 9. The molecule has 0 fully saturated rings. The molecule has 4 heteroatoms. The van der Waals surface area contributed by atoms with Crippen molar-refractivity contribution in [3.8, 4) is 0 Å². The summed E-state index contributed by atoms with van der Waals surface area (Å²) in [5, 5.41) is 21.5. The monoisotopic (exact) mass is 265 g/mol. The fourth-order valence-electron chi connectivity index (χ4n) is 2.00. The Hall–Kier alpha value is -1.39. The number of aliphatic hydroxyl groups is 1. The molecule has 3 N–H and O–H groups in total. The summed E-state index contributed by atoms with van der Waals surface area (Å²) < 4.78 is 0. The van der Waals surface area contributed by atoms with Gasteiger partial charge in [-0.15, -0.1) is 0 Å². The van der Waals surface area contributed by atoms with Crippen LogP contribution in [0.5, 0.6) is 0 Å². The average Bonchev–Trinajstić information content (AvgIpc) is 2.43. The fraction of sp³-hybridized carbons (Fsp3) is 0.533. The van der Waals surface area contributed by atoms with Crippen LogP contribution in [0.3, 0.4) is 0 Å². The summed E-state index contributed by atoms with van der Waals surface area (Å²) in [4.78, 5) is 10.4. The maximum Gasteiger partial charge on any atom is 0.303 e. The fourth-order valence-corrected chi connectivity index (χ4v) is 2.00. The lowest BCUT2D eigenvalue weighted by molar-refractivity contribution is -0.137. The first-order chi connectivity index (χ1) is 9.08. The summed E-state index contributed by atoms with van der Waals surface area (Å²) in [7, 11) is 0. The molecule has 0 radical (unpaired) electrons. The minimum atomic E-state index is -0.738. The molecular formula is C15H23NO3. The van der Waals surface area contributed by atoms with Gasteiger partial charge in [0.15, 0.2) is 0 Å². The molecule has 106 valence electrons. The molecule has 0 heterocycles. The molecule has 19 heavy (non-hydrogen) atoms. The molecule has 1 aromatic rings. The Morgan fingerprint density at radius 2 is 1.89 bits per heavy atom. The summed E-state index contributed by atoms with van der Waals surface area (Å²) in [6.07, 6.45) is 2.74. The lowest BCUT2D eigenvalue weighted by Gasteiger charge is -2.29. The van der Waals surface area contributed by atoms with Crippen molar-refractivity contribution in [3.63, 3.8) is 0 Å². The van der Waals surface area contributed by atoms with E-state index in [1.807, 2.05) is 37.3 Å². The topological polar surface area (TPSA) is 69.6 Å². The van der Waals surface area contributed by atoms with Gasteiger partial charge >= 0.3 is 5.97 Å². The second-order valence-electron chi connectivity index (χ2n) is 4.99. The van der Waals surface area contributed by atoms with Gasteiger partial charge in [-0.25, -0.2) is 0 Å². The summed E-state index contributed by atoms with van der Waals surface area (Å²) >= 11 is 0. The van der Waals surface area contributed by atoms with Crippen LogP contribution in [-0.4, -0.2) is 29.3 Å². The molecule has 0 saturated heterocycles. The number of benzene rings is 1. The molecule has 1 rings (SSSR count). The molecule has 0 saturated carbocycles. The van der Waals surface area contributed by atoms with E-state index in [2.05, 4.69) is 5.32 Å². The minimum Gasteiger partial charge on any atom is -0.481 e. The summed E-state index contributed by atoms with van der Waals surface area (Å²) in [6.45, 7) is 2.78. The zero-order valence-electron chi connectivity index (χ0n) is 11.4. The van der Waals surface area contributed by atoms with Gasteiger partial charge in [0.25, 0.3) is 0 Å². The quantitative estimate of drug-likeness (QED) is 0.598. The first-order valence-corrected chi connectivity index (χ1v) is 6.72. The third-order valence-corrected chi connectivity index (χ3v) is 3.31. The van der Waals surface area contributed by atoms with E-state index in [9.17, 15) is 9.90 Å². The Kier molecular flexibility index (Phi) is 6.53. The van der Waals surface area contributed by atoms with Gasteiger partial charge in [0.2, 0.25) is 0 Å². The lowest BCUT2D eigenvalue weighted by atomic mass is 9.93. The van der Waals surface area contributed by atoms with Gasteiger partial charge in [0.1, 0.15) is 0 Å². The van der Waals surface area contributed by atoms with Gasteiger partial charge in [-0.3, -0.25) is 4.79 Å². The van der Waals surface area contributed by atoms with Crippen LogP contribution >= 0.6 is 0 Å². The van der Waals surface area contributed by atoms with Crippen LogP contribution in [0, 0.1) is 0 Å². The van der Waals surface area contributed by atoms with Crippen molar-refractivity contribution in [1.29, 1.82) is 0 Å². The van der Waals surface area contributed by atoms with Crippen molar-refractivity contribution < 1.29 is 15.0 Å². The molecule has 0 aromatic heterocycles. The lowest BCUT2D eigenvalue weighted by Crippen LogP contribution is -2.43. The SMILES string of the molecule is CC(CO)(NCCCCCC(=O)O)c1ccccc1. The van der Waals surface area contributed by atoms with E-state index >= 15 is 0 Å². The van der Waals surface area contributed by atoms with Crippen molar-refractivity contribution in [3.05, 3.63) is 35.9 Å². The number of carboxylic acids is 1. The van der Waals surface area contributed by atoms with Crippen molar-refractivity contribution >= 4 is 5.97 Å². The molecule has 4 nitrogen and oxygen atoms in total. The molecule has 1 atom stereocenters. The second kappa shape index (κ2) is 7.92. The number of nitrogens with one attached hydrogen (secondary N) is 1. The van der Waals surface area contributed by atoms with Crippen LogP contribution in [0.25, 0.3) is 0 Å². The van der Waals surface area contributed by atoms with Crippen LogP contribution < -0.4 is 5.32 Å². The van der Waals surface area contributed by atoms with E-state index in [-0.39, 0.29) is 13.0 Å². The van der Waals surface area contributed by atoms with E-state index in [0.29, 0.717) is 6.42 Å². The summed E-state index contributed by atoms with van der Waals surface area (Å²) in [5.41, 5.74) is 0.622. The molecule has 1 unspecified atom stereocenters. The molecule has 0 aliphatic rings. The first kappa shape index (κ1) is 15.7. The first-order valence-electron chi connectivity index (χ1n) is 6.72. The number of carbonyl (C=O) groups is 1. The average molecular weight is 265 g/mol. The van der Waals surface area contributed by atoms with Gasteiger partial charge in [-0.2, -0.15) is 0 Å². The molecular weight excluding hydrogens is 242 g/mol. The standard InChI is InChI=1S/C15H23NO3/c1-15(12-17,13-8-4-2-5-9-13)16-11-7-3-6-10-14(18)19/h2,4-5,8-9,16-17H,3,6-7,10-12H2,1H3,(H,18,19). The number of unbranched alkanes of at least 4 members (excludes halogenated alkanes) is 2. The summed E-state index contributed by atoms with van der Waals surface area (Å²) in [5.74, 6) is -0.738. The van der Waals surface area contributed by atoms with Gasteiger partial charge in [0, 0.05) is 6.42 Å². The third kappa shape index (κ3) is 5.41. The predicted octanol–water partition coefficient (Wildman–Crippen LogP) is 2.13. The Labute approximate surface area is 114 Å². The summed E-state index contributed by atoms with van der Waals surface area (Å²) in [6, 6.07) is 9.85. The molecule has 0 spiro atoms. The highest BCUT2D eigenvalue weighted by molar-refractivity contribution is 5.66. The normalized spacial score (nSPS) is 14.0. The Balaban J connectivity index is 2.34. The molecule has 0 bridgehead atoms. The van der Waals surface area contributed by atoms with Gasteiger partial charge < -0.3 is 15.5 Å². The van der Waals surface area contributed by atoms with Gasteiger partial charge in [0.05, 0.1) is 12.1 Å². The highest BCUT2D eigenvalue weighted by Crippen LogP contribution is 2.19. The van der Waals surface area contributed by atoms with Crippen molar-refractivity contribution in [1.82, 2.24) is 5.32 Å². The van der Waals surface area contributed by atoms with E-state index < -0.39 is 11.5 Å². The number of aliphatic carboxylic acids is 1. The number of aliphatic hydroxyl groups excluding tert-OH is 1. The van der Waals surface area contributed by atoms with E-state index in [1.54, 1.807) is 0 Å². The van der Waals surface area contributed by atoms with Crippen LogP contribution in [0.1, 0.15) is 38.2 Å². The van der Waals surface area contributed by atoms with Crippen LogP contribution in [0.15, 0.2) is 30.3 Å². The largest absolute Gasteiger partial charge is 0.481 e. The second-order valence-corrected chi connectivity index (χ2v) is 4.99. The smallest absolute Gasteiger partial charge is 0.303 e. The molecule has 1 aromatic carbocycles. The van der Waals surface area contributed by atoms with Crippen molar-refractivity contribution in [2.24, 2.45) is 0 Å². The van der Waals surface area contributed by atoms with E-state index in [0.717, 1.165) is 24.9 Å².